The molecule has 0 unspecified atom stereocenters. The first-order chi connectivity index (χ1) is 14.7. The van der Waals surface area contributed by atoms with Gasteiger partial charge in [0, 0.05) is 38.3 Å². The maximum absolute atomic E-state index is 13.8. The van der Waals surface area contributed by atoms with Crippen LogP contribution in [-0.4, -0.2) is 63.4 Å². The number of hydrogen-bond donors (Lipinski definition) is 0. The highest BCUT2D eigenvalue weighted by atomic mass is 19.1. The third kappa shape index (κ3) is 4.99. The minimum Gasteiger partial charge on any atom is -0.335 e. The summed E-state index contributed by atoms with van der Waals surface area (Å²) >= 11 is 0. The number of piperazine rings is 1. The monoisotopic (exact) mass is 405 g/mol. The topological polar surface area (TPSA) is 54.3 Å². The van der Waals surface area contributed by atoms with Crippen molar-refractivity contribution in [3.8, 4) is 0 Å². The fourth-order valence-corrected chi connectivity index (χ4v) is 3.47. The summed E-state index contributed by atoms with van der Waals surface area (Å²) in [6, 6.07) is 16.7. The molecule has 30 heavy (non-hydrogen) atoms. The van der Waals surface area contributed by atoms with Crippen molar-refractivity contribution in [2.45, 2.75) is 6.54 Å². The van der Waals surface area contributed by atoms with Gasteiger partial charge in [-0.3, -0.25) is 9.69 Å². The van der Waals surface area contributed by atoms with Crippen LogP contribution in [0.1, 0.15) is 21.6 Å². The minimum atomic E-state index is -0.293. The Morgan fingerprint density at radius 1 is 1.00 bits per heavy atom. The number of aromatic nitrogens is 3. The lowest BCUT2D eigenvalue weighted by Crippen LogP contribution is -2.48. The molecule has 0 bridgehead atoms. The van der Waals surface area contributed by atoms with E-state index in [2.05, 4.69) is 39.5 Å². The van der Waals surface area contributed by atoms with Crippen LogP contribution in [-0.2, 0) is 6.54 Å². The Morgan fingerprint density at radius 2 is 1.73 bits per heavy atom. The summed E-state index contributed by atoms with van der Waals surface area (Å²) in [4.78, 5) is 16.9. The Morgan fingerprint density at radius 3 is 2.50 bits per heavy atom. The van der Waals surface area contributed by atoms with E-state index in [-0.39, 0.29) is 18.3 Å². The summed E-state index contributed by atoms with van der Waals surface area (Å²) in [5.74, 6) is -0.424. The molecule has 1 fully saturated rings. The molecule has 2 heterocycles. The predicted octanol–water partition coefficient (Wildman–Crippen LogP) is 2.94. The van der Waals surface area contributed by atoms with Crippen molar-refractivity contribution in [3.63, 3.8) is 0 Å². The number of benzene rings is 2. The van der Waals surface area contributed by atoms with E-state index in [1.165, 1.54) is 16.3 Å². The third-order valence-corrected chi connectivity index (χ3v) is 5.18. The van der Waals surface area contributed by atoms with E-state index in [0.29, 0.717) is 24.3 Å². The Kier molecular flexibility index (Phi) is 6.29. The number of carbonyl (C=O) groups is 1. The summed E-state index contributed by atoms with van der Waals surface area (Å²) < 4.78 is 15.3. The number of rotatable bonds is 6. The van der Waals surface area contributed by atoms with Gasteiger partial charge in [0.15, 0.2) is 5.69 Å². The first-order valence-electron chi connectivity index (χ1n) is 10.1. The summed E-state index contributed by atoms with van der Waals surface area (Å²) in [6.07, 6.45) is 5.86. The van der Waals surface area contributed by atoms with Crippen LogP contribution in [0.5, 0.6) is 0 Å². The zero-order valence-corrected chi connectivity index (χ0v) is 16.7. The lowest BCUT2D eigenvalue weighted by atomic mass is 10.2. The van der Waals surface area contributed by atoms with Gasteiger partial charge in [0.25, 0.3) is 5.91 Å². The van der Waals surface area contributed by atoms with Gasteiger partial charge in [0.2, 0.25) is 0 Å². The Labute approximate surface area is 175 Å². The molecule has 1 amide bonds. The van der Waals surface area contributed by atoms with E-state index in [1.807, 2.05) is 18.2 Å². The van der Waals surface area contributed by atoms with Crippen molar-refractivity contribution >= 4 is 12.0 Å². The smallest absolute Gasteiger partial charge is 0.276 e. The number of hydrogen-bond acceptors (Lipinski definition) is 4. The first kappa shape index (κ1) is 20.0. The summed E-state index contributed by atoms with van der Waals surface area (Å²) in [5, 5.41) is 7.98. The van der Waals surface area contributed by atoms with E-state index in [0.717, 1.165) is 19.6 Å². The molecule has 1 saturated heterocycles. The van der Waals surface area contributed by atoms with Gasteiger partial charge < -0.3 is 4.90 Å². The van der Waals surface area contributed by atoms with Gasteiger partial charge in [-0.05, 0) is 11.6 Å². The highest BCUT2D eigenvalue weighted by molar-refractivity contribution is 5.92. The SMILES string of the molecule is O=C(c1cn(Cc2ccccc2F)nn1)N1CCN(C/C=C/c2ccccc2)CC1. The summed E-state index contributed by atoms with van der Waals surface area (Å²) in [6.45, 7) is 4.03. The van der Waals surface area contributed by atoms with Gasteiger partial charge in [-0.2, -0.15) is 0 Å². The highest BCUT2D eigenvalue weighted by Crippen LogP contribution is 2.11. The molecule has 154 valence electrons. The van der Waals surface area contributed by atoms with E-state index < -0.39 is 0 Å². The van der Waals surface area contributed by atoms with Gasteiger partial charge in [-0.15, -0.1) is 5.10 Å². The lowest BCUT2D eigenvalue weighted by Gasteiger charge is -2.33. The zero-order chi connectivity index (χ0) is 20.8. The molecule has 0 aliphatic carbocycles. The number of nitrogens with zero attached hydrogens (tertiary/aromatic N) is 5. The second-order valence-corrected chi connectivity index (χ2v) is 7.30. The molecule has 0 radical (unpaired) electrons. The van der Waals surface area contributed by atoms with Crippen LogP contribution in [0, 0.1) is 5.82 Å². The first-order valence-corrected chi connectivity index (χ1v) is 10.1. The van der Waals surface area contributed by atoms with Gasteiger partial charge in [0.05, 0.1) is 12.7 Å². The fraction of sp³-hybridized carbons (Fsp3) is 0.261. The van der Waals surface area contributed by atoms with Crippen molar-refractivity contribution < 1.29 is 9.18 Å². The third-order valence-electron chi connectivity index (χ3n) is 5.18. The molecular weight excluding hydrogens is 381 g/mol. The standard InChI is InChI=1S/C23H24FN5O/c24-21-11-5-4-10-20(21)17-29-18-22(25-26-29)23(30)28-15-13-27(14-16-28)12-6-9-19-7-2-1-3-8-19/h1-11,18H,12-17H2/b9-6+. The van der Waals surface area contributed by atoms with Crippen molar-refractivity contribution in [2.75, 3.05) is 32.7 Å². The molecule has 4 rings (SSSR count). The maximum Gasteiger partial charge on any atom is 0.276 e. The lowest BCUT2D eigenvalue weighted by molar-refractivity contribution is 0.0644. The van der Waals surface area contributed by atoms with Gasteiger partial charge in [-0.1, -0.05) is 65.9 Å². The molecule has 0 N–H and O–H groups in total. The Hall–Kier alpha value is -3.32. The van der Waals surface area contributed by atoms with Crippen LogP contribution < -0.4 is 0 Å². The van der Waals surface area contributed by atoms with Crippen LogP contribution >= 0.6 is 0 Å². The quantitative estimate of drug-likeness (QED) is 0.633. The van der Waals surface area contributed by atoms with Crippen molar-refractivity contribution in [2.24, 2.45) is 0 Å². The molecule has 1 aliphatic rings. The number of halogens is 1. The summed E-state index contributed by atoms with van der Waals surface area (Å²) in [7, 11) is 0. The maximum atomic E-state index is 13.8. The van der Waals surface area contributed by atoms with E-state index in [9.17, 15) is 9.18 Å². The van der Waals surface area contributed by atoms with E-state index in [4.69, 9.17) is 0 Å². The number of carbonyl (C=O) groups excluding carboxylic acids is 1. The molecule has 1 aliphatic heterocycles. The van der Waals surface area contributed by atoms with Gasteiger partial charge in [-0.25, -0.2) is 9.07 Å². The largest absolute Gasteiger partial charge is 0.335 e. The second-order valence-electron chi connectivity index (χ2n) is 7.30. The van der Waals surface area contributed by atoms with Crippen LogP contribution in [0.25, 0.3) is 6.08 Å². The molecule has 2 aromatic carbocycles. The average molecular weight is 405 g/mol. The molecule has 7 heteroatoms. The van der Waals surface area contributed by atoms with Crippen LogP contribution in [0.2, 0.25) is 0 Å². The van der Waals surface area contributed by atoms with Crippen molar-refractivity contribution in [1.29, 1.82) is 0 Å². The normalized spacial score (nSPS) is 15.0. The van der Waals surface area contributed by atoms with Gasteiger partial charge in [0.1, 0.15) is 5.82 Å². The molecule has 1 aromatic heterocycles. The van der Waals surface area contributed by atoms with Crippen LogP contribution in [0.15, 0.2) is 66.9 Å². The molecule has 6 nitrogen and oxygen atoms in total. The predicted molar refractivity (Wildman–Crippen MR) is 113 cm³/mol. The number of amides is 1. The fourth-order valence-electron chi connectivity index (χ4n) is 3.47. The van der Waals surface area contributed by atoms with Crippen molar-refractivity contribution in [3.05, 3.63) is 89.5 Å². The molecule has 3 aromatic rings. The van der Waals surface area contributed by atoms with E-state index in [1.54, 1.807) is 29.3 Å². The van der Waals surface area contributed by atoms with Crippen LogP contribution in [0.4, 0.5) is 4.39 Å². The zero-order valence-electron chi connectivity index (χ0n) is 16.7. The second kappa shape index (κ2) is 9.45. The van der Waals surface area contributed by atoms with Crippen LogP contribution in [0.3, 0.4) is 0 Å². The highest BCUT2D eigenvalue weighted by Gasteiger charge is 2.23. The molecule has 0 spiro atoms. The average Bonchev–Trinajstić information content (AvgIpc) is 3.25. The Balaban J connectivity index is 1.28. The summed E-state index contributed by atoms with van der Waals surface area (Å²) in [5.41, 5.74) is 1.99. The Bertz CT molecular complexity index is 1010. The van der Waals surface area contributed by atoms with E-state index >= 15 is 0 Å². The van der Waals surface area contributed by atoms with Gasteiger partial charge >= 0.3 is 0 Å². The van der Waals surface area contributed by atoms with Crippen molar-refractivity contribution in [1.82, 2.24) is 24.8 Å². The minimum absolute atomic E-state index is 0.130. The molecular formula is C23H24FN5O. The molecule has 0 saturated carbocycles. The molecule has 0 atom stereocenters.